The van der Waals surface area contributed by atoms with Crippen molar-refractivity contribution in [1.29, 1.82) is 0 Å². The molecule has 1 fully saturated rings. The van der Waals surface area contributed by atoms with E-state index in [0.29, 0.717) is 29.5 Å². The lowest BCUT2D eigenvalue weighted by molar-refractivity contribution is -0.111. The molecule has 6 nitrogen and oxygen atoms in total. The lowest BCUT2D eigenvalue weighted by atomic mass is 10.1. The van der Waals surface area contributed by atoms with Crippen LogP contribution in [0.2, 0.25) is 0 Å². The fourth-order valence-corrected chi connectivity index (χ4v) is 2.62. The maximum Gasteiger partial charge on any atom is 0.247 e. The molecular formula is C17H25N3O3. The third-order valence-electron chi connectivity index (χ3n) is 3.89. The number of piperidine rings is 1. The third kappa shape index (κ3) is 4.89. The minimum atomic E-state index is -0.310. The maximum atomic E-state index is 11.6. The van der Waals surface area contributed by atoms with Gasteiger partial charge in [0, 0.05) is 12.6 Å². The van der Waals surface area contributed by atoms with Gasteiger partial charge in [0.1, 0.15) is 18.1 Å². The van der Waals surface area contributed by atoms with Gasteiger partial charge in [-0.25, -0.2) is 0 Å². The van der Waals surface area contributed by atoms with Crippen molar-refractivity contribution in [3.63, 3.8) is 0 Å². The second kappa shape index (κ2) is 8.43. The molecule has 1 aromatic carbocycles. The van der Waals surface area contributed by atoms with Crippen LogP contribution in [0.4, 0.5) is 11.4 Å². The Morgan fingerprint density at radius 3 is 2.74 bits per heavy atom. The summed E-state index contributed by atoms with van der Waals surface area (Å²) in [7, 11) is 1.55. The van der Waals surface area contributed by atoms with E-state index >= 15 is 0 Å². The Hall–Kier alpha value is -2.21. The molecule has 6 heteroatoms. The van der Waals surface area contributed by atoms with Crippen molar-refractivity contribution < 1.29 is 14.3 Å². The number of nitrogens with one attached hydrogen (secondary N) is 1. The van der Waals surface area contributed by atoms with Crippen molar-refractivity contribution >= 4 is 17.3 Å². The van der Waals surface area contributed by atoms with E-state index in [1.165, 1.54) is 25.3 Å². The summed E-state index contributed by atoms with van der Waals surface area (Å²) in [6.07, 6.45) is 5.01. The summed E-state index contributed by atoms with van der Waals surface area (Å²) in [4.78, 5) is 13.9. The first kappa shape index (κ1) is 17.1. The van der Waals surface area contributed by atoms with Gasteiger partial charge in [-0.3, -0.25) is 9.69 Å². The molecule has 3 N–H and O–H groups in total. The summed E-state index contributed by atoms with van der Waals surface area (Å²) in [5, 5.41) is 2.71. The normalized spacial score (nSPS) is 15.0. The first-order chi connectivity index (χ1) is 11.1. The SMILES string of the molecule is C=CC(=O)Nc1cc(N)c(OC)cc1OCCN1CCCCC1. The molecule has 0 radical (unpaired) electrons. The van der Waals surface area contributed by atoms with Gasteiger partial charge in [-0.05, 0) is 38.1 Å². The van der Waals surface area contributed by atoms with E-state index in [1.54, 1.807) is 19.2 Å². The first-order valence-corrected chi connectivity index (χ1v) is 7.90. The number of carbonyl (C=O) groups excluding carboxylic acids is 1. The summed E-state index contributed by atoms with van der Waals surface area (Å²) >= 11 is 0. The number of hydrogen-bond donors (Lipinski definition) is 2. The monoisotopic (exact) mass is 319 g/mol. The fraction of sp³-hybridized carbons (Fsp3) is 0.471. The van der Waals surface area contributed by atoms with Gasteiger partial charge in [0.2, 0.25) is 5.91 Å². The summed E-state index contributed by atoms with van der Waals surface area (Å²) in [6, 6.07) is 3.33. The molecule has 0 unspecified atom stereocenters. The highest BCUT2D eigenvalue weighted by atomic mass is 16.5. The predicted molar refractivity (Wildman–Crippen MR) is 92.0 cm³/mol. The Kier molecular flexibility index (Phi) is 6.29. The van der Waals surface area contributed by atoms with Gasteiger partial charge in [0.15, 0.2) is 0 Å². The van der Waals surface area contributed by atoms with Crippen molar-refractivity contribution in [3.8, 4) is 11.5 Å². The largest absolute Gasteiger partial charge is 0.494 e. The number of rotatable bonds is 7. The molecule has 0 aromatic heterocycles. The number of nitrogens with zero attached hydrogens (tertiary/aromatic N) is 1. The number of anilines is 2. The zero-order chi connectivity index (χ0) is 16.7. The molecule has 2 rings (SSSR count). The van der Waals surface area contributed by atoms with Gasteiger partial charge in [-0.15, -0.1) is 0 Å². The molecular weight excluding hydrogens is 294 g/mol. The van der Waals surface area contributed by atoms with E-state index in [0.717, 1.165) is 19.6 Å². The molecule has 1 aliphatic heterocycles. The number of amides is 1. The van der Waals surface area contributed by atoms with Gasteiger partial charge >= 0.3 is 0 Å². The van der Waals surface area contributed by atoms with Crippen LogP contribution in [-0.4, -0.2) is 44.2 Å². The van der Waals surface area contributed by atoms with E-state index in [2.05, 4.69) is 16.8 Å². The molecule has 0 aliphatic carbocycles. The lowest BCUT2D eigenvalue weighted by Crippen LogP contribution is -2.33. The zero-order valence-corrected chi connectivity index (χ0v) is 13.6. The number of benzene rings is 1. The topological polar surface area (TPSA) is 76.8 Å². The standard InChI is InChI=1S/C17H25N3O3/c1-3-17(21)19-14-11-13(18)15(22-2)12-16(14)23-10-9-20-7-5-4-6-8-20/h3,11-12H,1,4-10,18H2,2H3,(H,19,21). The van der Waals surface area contributed by atoms with Crippen LogP contribution in [0.15, 0.2) is 24.8 Å². The van der Waals surface area contributed by atoms with E-state index in [9.17, 15) is 4.79 Å². The van der Waals surface area contributed by atoms with Gasteiger partial charge in [-0.1, -0.05) is 13.0 Å². The summed E-state index contributed by atoms with van der Waals surface area (Å²) in [6.45, 7) is 7.10. The smallest absolute Gasteiger partial charge is 0.247 e. The summed E-state index contributed by atoms with van der Waals surface area (Å²) < 4.78 is 11.1. The van der Waals surface area contributed by atoms with Crippen molar-refractivity contribution in [1.82, 2.24) is 4.90 Å². The Labute approximate surface area is 137 Å². The molecule has 1 amide bonds. The lowest BCUT2D eigenvalue weighted by Gasteiger charge is -2.26. The predicted octanol–water partition coefficient (Wildman–Crippen LogP) is 2.27. The molecule has 23 heavy (non-hydrogen) atoms. The van der Waals surface area contributed by atoms with E-state index in [1.807, 2.05) is 0 Å². The van der Waals surface area contributed by atoms with Crippen molar-refractivity contribution in [3.05, 3.63) is 24.8 Å². The summed E-state index contributed by atoms with van der Waals surface area (Å²) in [5.41, 5.74) is 6.86. The Bertz CT molecular complexity index is 554. The van der Waals surface area contributed by atoms with Gasteiger partial charge < -0.3 is 20.5 Å². The second-order valence-corrected chi connectivity index (χ2v) is 5.53. The number of carbonyl (C=O) groups is 1. The van der Waals surface area contributed by atoms with Crippen molar-refractivity contribution in [2.24, 2.45) is 0 Å². The Morgan fingerprint density at radius 1 is 1.35 bits per heavy atom. The quantitative estimate of drug-likeness (QED) is 0.595. The third-order valence-corrected chi connectivity index (χ3v) is 3.89. The molecule has 0 atom stereocenters. The molecule has 0 bridgehead atoms. The second-order valence-electron chi connectivity index (χ2n) is 5.53. The van der Waals surface area contributed by atoms with Crippen molar-refractivity contribution in [2.75, 3.05) is 44.4 Å². The maximum absolute atomic E-state index is 11.6. The van der Waals surface area contributed by atoms with E-state index < -0.39 is 0 Å². The van der Waals surface area contributed by atoms with Crippen LogP contribution in [0.5, 0.6) is 11.5 Å². The number of hydrogen-bond acceptors (Lipinski definition) is 5. The number of nitrogens with two attached hydrogens (primary N) is 1. The average molecular weight is 319 g/mol. The minimum absolute atomic E-state index is 0.310. The molecule has 1 aliphatic rings. The number of nitrogen functional groups attached to an aromatic ring is 1. The zero-order valence-electron chi connectivity index (χ0n) is 13.6. The molecule has 1 heterocycles. The fourth-order valence-electron chi connectivity index (χ4n) is 2.62. The molecule has 126 valence electrons. The van der Waals surface area contributed by atoms with Gasteiger partial charge in [0.05, 0.1) is 18.5 Å². The van der Waals surface area contributed by atoms with Crippen LogP contribution >= 0.6 is 0 Å². The highest BCUT2D eigenvalue weighted by Gasteiger charge is 2.13. The number of likely N-dealkylation sites (tertiary alicyclic amines) is 1. The van der Waals surface area contributed by atoms with Crippen LogP contribution in [0.1, 0.15) is 19.3 Å². The molecule has 0 spiro atoms. The summed E-state index contributed by atoms with van der Waals surface area (Å²) in [5.74, 6) is 0.758. The minimum Gasteiger partial charge on any atom is -0.494 e. The number of ether oxygens (including phenoxy) is 2. The van der Waals surface area contributed by atoms with Crippen LogP contribution in [-0.2, 0) is 4.79 Å². The highest BCUT2D eigenvalue weighted by molar-refractivity contribution is 6.00. The number of methoxy groups -OCH3 is 1. The van der Waals surface area contributed by atoms with Crippen molar-refractivity contribution in [2.45, 2.75) is 19.3 Å². The molecule has 1 saturated heterocycles. The van der Waals surface area contributed by atoms with Crippen LogP contribution in [0, 0.1) is 0 Å². The first-order valence-electron chi connectivity index (χ1n) is 7.90. The van der Waals surface area contributed by atoms with Gasteiger partial charge in [-0.2, -0.15) is 0 Å². The van der Waals surface area contributed by atoms with E-state index in [-0.39, 0.29) is 5.91 Å². The molecule has 1 aromatic rings. The average Bonchev–Trinajstić information content (AvgIpc) is 2.57. The van der Waals surface area contributed by atoms with E-state index in [4.69, 9.17) is 15.2 Å². The molecule has 0 saturated carbocycles. The van der Waals surface area contributed by atoms with Crippen LogP contribution < -0.4 is 20.5 Å². The Balaban J connectivity index is 2.04. The highest BCUT2D eigenvalue weighted by Crippen LogP contribution is 2.34. The van der Waals surface area contributed by atoms with Crippen LogP contribution in [0.3, 0.4) is 0 Å². The van der Waals surface area contributed by atoms with Gasteiger partial charge in [0.25, 0.3) is 0 Å². The Morgan fingerprint density at radius 2 is 2.09 bits per heavy atom. The van der Waals surface area contributed by atoms with Crippen LogP contribution in [0.25, 0.3) is 0 Å².